The molecule has 0 aliphatic carbocycles. The Morgan fingerprint density at radius 1 is 0.410 bits per heavy atom. The highest BCUT2D eigenvalue weighted by Crippen LogP contribution is 2.43. The van der Waals surface area contributed by atoms with Crippen molar-refractivity contribution in [2.24, 2.45) is 0 Å². The second-order valence-corrected chi connectivity index (χ2v) is 40.4. The van der Waals surface area contributed by atoms with Crippen LogP contribution in [-0.4, -0.2) is 189 Å². The van der Waals surface area contributed by atoms with Gasteiger partial charge in [-0.05, 0) is 238 Å². The lowest BCUT2D eigenvalue weighted by molar-refractivity contribution is -0.129. The van der Waals surface area contributed by atoms with Gasteiger partial charge >= 0.3 is 17.1 Å². The summed E-state index contributed by atoms with van der Waals surface area (Å²) in [5.74, 6) is -3.92. The van der Waals surface area contributed by atoms with Crippen molar-refractivity contribution in [2.75, 3.05) is 81.4 Å². The predicted octanol–water partition coefficient (Wildman–Crippen LogP) is 18.1. The fourth-order valence-corrected chi connectivity index (χ4v) is 19.2. The Labute approximate surface area is 776 Å². The number of pyridine rings is 4. The third-order valence-electron chi connectivity index (χ3n) is 25.0. The molecule has 10 heterocycles. The summed E-state index contributed by atoms with van der Waals surface area (Å²) in [5.41, 5.74) is 6.22. The maximum atomic E-state index is 16.0. The van der Waals surface area contributed by atoms with Crippen molar-refractivity contribution < 1.29 is 45.3 Å². The summed E-state index contributed by atoms with van der Waals surface area (Å²) in [7, 11) is 1.35. The third-order valence-corrected chi connectivity index (χ3v) is 26.5. The van der Waals surface area contributed by atoms with Crippen molar-refractivity contribution in [1.82, 2.24) is 68.2 Å². The van der Waals surface area contributed by atoms with E-state index in [-0.39, 0.29) is 151 Å². The number of anilines is 3. The van der Waals surface area contributed by atoms with Crippen LogP contribution in [0.15, 0.2) is 174 Å². The number of benzene rings is 5. The van der Waals surface area contributed by atoms with Crippen molar-refractivity contribution in [1.29, 1.82) is 0 Å². The summed E-state index contributed by atoms with van der Waals surface area (Å²) in [6.07, 6.45) is 3.84. The standard InChI is InChI=1S/C35H40F2N6O2.C34H38F2N6O2.C34H38F2N5O3P/c1-9-30(44)41-17-23(6)42(18-22(41)5)33-27-16-29(37)31(25-12-10-11-13-28(25)36)38-34(27)43(35(45)39-33)32-21(4)14-24(19-40(7)8)15-26(32)20(2)3;1-9-28(43)40-16-22(8)41(17-21(40)7)32-24-15-26(36)30(23-12-10-11-13-25(23)35)38-33(24)42(34(44)39-32)31-20(6)14-27(18(2)3)37-29(31)19(4)5;1-9-29(42)39-17-22(6)40(18-21(39)5)32-26-16-28(36)30(24-12-10-11-13-27(24)35)37-33(26)41(34(43)38-32)31-20(4)14-23(45(7,8)44)15-25(31)19(2)3/h9-16,20,22-23H,1,17-19H2,2-8H3;9-15,18-19,21-22H,1,16-17H2,2-8H3;9-16,19,21-22H,1,17-18H2,2-8H3. The molecule has 7 aromatic heterocycles. The predicted molar refractivity (Wildman–Crippen MR) is 521 cm³/mol. The van der Waals surface area contributed by atoms with Gasteiger partial charge in [0.05, 0.1) is 38.9 Å². The Morgan fingerprint density at radius 2 is 0.731 bits per heavy atom. The van der Waals surface area contributed by atoms with Gasteiger partial charge in [-0.2, -0.15) is 15.0 Å². The number of carbonyl (C=O) groups is 3. The van der Waals surface area contributed by atoms with Crippen LogP contribution in [0.3, 0.4) is 0 Å². The zero-order valence-electron chi connectivity index (χ0n) is 79.8. The second-order valence-electron chi connectivity index (χ2n) is 37.2. The van der Waals surface area contributed by atoms with Crippen molar-refractivity contribution in [3.8, 4) is 50.8 Å². The number of hydrogen-bond donors (Lipinski definition) is 0. The Hall–Kier alpha value is -13.1. The van der Waals surface area contributed by atoms with E-state index in [2.05, 4.69) is 83.3 Å². The van der Waals surface area contributed by atoms with E-state index in [1.807, 2.05) is 137 Å². The van der Waals surface area contributed by atoms with Crippen LogP contribution < -0.4 is 37.1 Å². The Morgan fingerprint density at radius 3 is 1.04 bits per heavy atom. The van der Waals surface area contributed by atoms with Gasteiger partial charge in [-0.1, -0.05) is 124 Å². The molecule has 15 rings (SSSR count). The first-order valence-corrected chi connectivity index (χ1v) is 47.6. The summed E-state index contributed by atoms with van der Waals surface area (Å²) in [6, 6.07) is 29.5. The van der Waals surface area contributed by atoms with Gasteiger partial charge in [-0.25, -0.2) is 69.4 Å². The van der Waals surface area contributed by atoms with Crippen LogP contribution in [0, 0.1) is 55.7 Å². The number of aromatic nitrogens is 10. The normalized spacial score (nSPS) is 17.2. The largest absolute Gasteiger partial charge is 0.355 e. The van der Waals surface area contributed by atoms with Crippen LogP contribution in [0.4, 0.5) is 43.8 Å². The van der Waals surface area contributed by atoms with Crippen LogP contribution in [-0.2, 0) is 25.5 Å². The van der Waals surface area contributed by atoms with E-state index in [4.69, 9.17) is 9.97 Å². The number of amides is 3. The van der Waals surface area contributed by atoms with Gasteiger partial charge in [0.1, 0.15) is 76.6 Å². The molecule has 5 aromatic carbocycles. The Balaban J connectivity index is 0.000000170. The highest BCUT2D eigenvalue weighted by molar-refractivity contribution is 7.70. The number of rotatable bonds is 19. The number of aryl methyl sites for hydroxylation is 3. The lowest BCUT2D eigenvalue weighted by atomic mass is 9.94. The van der Waals surface area contributed by atoms with Gasteiger partial charge in [0.15, 0.2) is 16.9 Å². The molecule has 0 radical (unpaired) electrons. The van der Waals surface area contributed by atoms with Crippen LogP contribution in [0.5, 0.6) is 0 Å². The lowest BCUT2D eigenvalue weighted by Gasteiger charge is -2.44. The quantitative estimate of drug-likeness (QED) is 0.0415. The van der Waals surface area contributed by atoms with E-state index in [1.54, 1.807) is 52.3 Å². The average molecular weight is 1850 g/mol. The van der Waals surface area contributed by atoms with Gasteiger partial charge in [-0.15, -0.1) is 0 Å². The first-order chi connectivity index (χ1) is 63.3. The fourth-order valence-electron chi connectivity index (χ4n) is 18.3. The number of fused-ring (bicyclic) bond motifs is 3. The second kappa shape index (κ2) is 39.6. The van der Waals surface area contributed by atoms with Crippen molar-refractivity contribution in [2.45, 2.75) is 184 Å². The van der Waals surface area contributed by atoms with E-state index < -0.39 is 59.1 Å². The van der Waals surface area contributed by atoms with Gasteiger partial charge in [0.2, 0.25) is 17.7 Å². The molecule has 3 saturated heterocycles. The zero-order chi connectivity index (χ0) is 97.7. The summed E-state index contributed by atoms with van der Waals surface area (Å²) in [6.45, 7) is 50.3. The van der Waals surface area contributed by atoms with Crippen LogP contribution in [0.25, 0.3) is 83.9 Å². The van der Waals surface area contributed by atoms with Gasteiger partial charge < -0.3 is 38.9 Å². The van der Waals surface area contributed by atoms with Crippen molar-refractivity contribution in [3.63, 3.8) is 0 Å². The lowest BCUT2D eigenvalue weighted by Crippen LogP contribution is -2.58. The molecule has 6 unspecified atom stereocenters. The minimum atomic E-state index is -2.65. The molecule has 3 amide bonds. The molecule has 3 aliphatic heterocycles. The van der Waals surface area contributed by atoms with Crippen LogP contribution in [0.2, 0.25) is 0 Å². The van der Waals surface area contributed by atoms with E-state index in [9.17, 15) is 46.5 Å². The van der Waals surface area contributed by atoms with E-state index in [0.29, 0.717) is 90.2 Å². The van der Waals surface area contributed by atoms with E-state index >= 15 is 13.2 Å². The molecule has 0 spiro atoms. The minimum absolute atomic E-state index is 0.00469. The molecule has 12 aromatic rings. The molecule has 3 fully saturated rings. The Kier molecular flexibility index (Phi) is 29.1. The minimum Gasteiger partial charge on any atom is -0.349 e. The molecule has 24 nitrogen and oxygen atoms in total. The Bertz CT molecular complexity index is 6930. The molecule has 0 saturated carbocycles. The summed E-state index contributed by atoms with van der Waals surface area (Å²) < 4.78 is 110. The van der Waals surface area contributed by atoms with E-state index in [1.165, 1.54) is 105 Å². The molecular weight excluding hydrogens is 1730 g/mol. The molecule has 702 valence electrons. The SMILES string of the molecule is C=CC(=O)N1CC(C)N(c2nc(=O)n(-c3c(C)cc(C(C)C)nc3C(C)C)c3nc(-c4ccccc4F)c(F)cc23)CC1C.C=CC(=O)N1CC(C)N(c2nc(=O)n(-c3c(C)cc(CN(C)C)cc3C(C)C)c3nc(-c4ccccc4F)c(F)cc23)CC1C.C=CC(=O)N1CC(C)N(c2nc(=O)n(-c3c(C)cc(P(C)(C)=O)cc3C(C)C)c3nc(-c4ccccc4F)c(F)cc23)CC1C. The number of carbonyl (C=O) groups excluding carboxylic acids is 3. The summed E-state index contributed by atoms with van der Waals surface area (Å²) in [5, 5.41) is 1.56. The van der Waals surface area contributed by atoms with E-state index in [0.717, 1.165) is 33.5 Å². The number of hydrogen-bond acceptors (Lipinski definition) is 18. The smallest absolute Gasteiger partial charge is 0.349 e. The maximum absolute atomic E-state index is 16.0. The summed E-state index contributed by atoms with van der Waals surface area (Å²) in [4.78, 5) is 126. The van der Waals surface area contributed by atoms with Crippen LogP contribution in [0.1, 0.15) is 165 Å². The summed E-state index contributed by atoms with van der Waals surface area (Å²) >= 11 is 0. The monoisotopic (exact) mass is 1850 g/mol. The molecule has 134 heavy (non-hydrogen) atoms. The first kappa shape index (κ1) is 98.4. The van der Waals surface area contributed by atoms with Crippen LogP contribution >= 0.6 is 7.14 Å². The fraction of sp³-hybridized carbons (Fsp3) is 0.369. The zero-order valence-corrected chi connectivity index (χ0v) is 80.7. The molecular formula is C103H116F6N17O7P. The van der Waals surface area contributed by atoms with Crippen molar-refractivity contribution >= 4 is 80.7 Å². The number of piperazine rings is 3. The number of nitrogens with zero attached hydrogens (tertiary/aromatic N) is 17. The molecule has 0 bridgehead atoms. The van der Waals surface area contributed by atoms with Gasteiger partial charge in [0, 0.05) is 110 Å². The van der Waals surface area contributed by atoms with Crippen molar-refractivity contribution in [3.05, 3.63) is 270 Å². The number of halogens is 6. The molecule has 3 aliphatic rings. The average Bonchev–Trinajstić information content (AvgIpc) is 0.736. The molecule has 6 atom stereocenters. The maximum Gasteiger partial charge on any atom is 0.355 e. The molecule has 0 N–H and O–H groups in total. The van der Waals surface area contributed by atoms with Gasteiger partial charge in [-0.3, -0.25) is 19.4 Å². The third kappa shape index (κ3) is 19.4. The first-order valence-electron chi connectivity index (χ1n) is 45.0. The topological polar surface area (TPSA) is 247 Å². The highest BCUT2D eigenvalue weighted by atomic mass is 31.2. The highest BCUT2D eigenvalue weighted by Gasteiger charge is 2.40. The molecule has 31 heteroatoms. The van der Waals surface area contributed by atoms with Gasteiger partial charge in [0.25, 0.3) is 0 Å².